The van der Waals surface area contributed by atoms with E-state index >= 15 is 0 Å². The molecular weight excluding hydrogens is 296 g/mol. The zero-order valence-corrected chi connectivity index (χ0v) is 11.8. The van der Waals surface area contributed by atoms with Gasteiger partial charge in [0.15, 0.2) is 0 Å². The summed E-state index contributed by atoms with van der Waals surface area (Å²) in [4.78, 5) is 21.7. The maximum Gasteiger partial charge on any atom is 0.417 e. The molecule has 0 heterocycles. The van der Waals surface area contributed by atoms with Crippen LogP contribution in [0.3, 0.4) is 0 Å². The minimum atomic E-state index is -0.705. The van der Waals surface area contributed by atoms with Crippen molar-refractivity contribution in [2.75, 3.05) is 5.32 Å². The van der Waals surface area contributed by atoms with Crippen LogP contribution < -0.4 is 10.1 Å². The lowest BCUT2D eigenvalue weighted by molar-refractivity contribution is -0.384. The minimum Gasteiger partial charge on any atom is -0.410 e. The summed E-state index contributed by atoms with van der Waals surface area (Å²) >= 11 is 5.95. The Morgan fingerprint density at radius 1 is 1.24 bits per heavy atom. The highest BCUT2D eigenvalue weighted by Crippen LogP contribution is 2.21. The van der Waals surface area contributed by atoms with E-state index in [-0.39, 0.29) is 11.4 Å². The fourth-order valence-corrected chi connectivity index (χ4v) is 1.74. The fraction of sp³-hybridized carbons (Fsp3) is 0.0714. The van der Waals surface area contributed by atoms with Gasteiger partial charge in [0.2, 0.25) is 0 Å². The van der Waals surface area contributed by atoms with Crippen LogP contribution in [0.25, 0.3) is 0 Å². The molecule has 2 aromatic rings. The Balaban J connectivity index is 2.01. The molecule has 6 nitrogen and oxygen atoms in total. The van der Waals surface area contributed by atoms with Gasteiger partial charge in [0.25, 0.3) is 5.69 Å². The molecule has 0 fully saturated rings. The summed E-state index contributed by atoms with van der Waals surface area (Å²) in [5.74, 6) is 0.205. The summed E-state index contributed by atoms with van der Waals surface area (Å²) in [6.07, 6.45) is -0.705. The molecule has 0 aliphatic heterocycles. The van der Waals surface area contributed by atoms with E-state index in [1.807, 2.05) is 6.92 Å². The van der Waals surface area contributed by atoms with Crippen molar-refractivity contribution in [3.63, 3.8) is 0 Å². The number of halogens is 1. The van der Waals surface area contributed by atoms with Gasteiger partial charge in [-0.05, 0) is 36.8 Å². The quantitative estimate of drug-likeness (QED) is 0.681. The minimum absolute atomic E-state index is 0.0759. The van der Waals surface area contributed by atoms with Crippen molar-refractivity contribution in [2.24, 2.45) is 0 Å². The second-order valence-corrected chi connectivity index (χ2v) is 4.64. The molecule has 1 amide bonds. The number of benzene rings is 2. The van der Waals surface area contributed by atoms with Crippen LogP contribution in [0.2, 0.25) is 5.02 Å². The molecule has 0 saturated heterocycles. The Bertz CT molecular complexity index is 686. The van der Waals surface area contributed by atoms with Crippen molar-refractivity contribution in [1.29, 1.82) is 0 Å². The third-order valence-electron chi connectivity index (χ3n) is 2.68. The lowest BCUT2D eigenvalue weighted by atomic mass is 10.2. The number of nitrogens with zero attached hydrogens (tertiary/aromatic N) is 1. The van der Waals surface area contributed by atoms with E-state index < -0.39 is 11.0 Å². The SMILES string of the molecule is Cc1ccc(NC(=O)Oc2ccc([N+](=O)[O-])cc2)cc1Cl. The Kier molecular flexibility index (Phi) is 4.39. The maximum absolute atomic E-state index is 11.7. The zero-order chi connectivity index (χ0) is 15.4. The monoisotopic (exact) mass is 306 g/mol. The van der Waals surface area contributed by atoms with Gasteiger partial charge >= 0.3 is 6.09 Å². The summed E-state index contributed by atoms with van der Waals surface area (Å²) < 4.78 is 5.01. The average molecular weight is 307 g/mol. The molecule has 108 valence electrons. The first-order valence-electron chi connectivity index (χ1n) is 5.95. The average Bonchev–Trinajstić information content (AvgIpc) is 2.43. The van der Waals surface area contributed by atoms with Crippen molar-refractivity contribution in [3.8, 4) is 5.75 Å². The number of carbonyl (C=O) groups is 1. The predicted molar refractivity (Wildman–Crippen MR) is 78.9 cm³/mol. The zero-order valence-electron chi connectivity index (χ0n) is 11.0. The fourth-order valence-electron chi connectivity index (χ4n) is 1.56. The van der Waals surface area contributed by atoms with Crippen molar-refractivity contribution in [1.82, 2.24) is 0 Å². The summed E-state index contributed by atoms with van der Waals surface area (Å²) in [6, 6.07) is 10.3. The highest BCUT2D eigenvalue weighted by molar-refractivity contribution is 6.31. The lowest BCUT2D eigenvalue weighted by Gasteiger charge is -2.07. The van der Waals surface area contributed by atoms with Gasteiger partial charge in [-0.1, -0.05) is 17.7 Å². The number of non-ortho nitro benzene ring substituents is 1. The van der Waals surface area contributed by atoms with E-state index in [9.17, 15) is 14.9 Å². The molecule has 1 N–H and O–H groups in total. The van der Waals surface area contributed by atoms with Crippen LogP contribution >= 0.6 is 11.6 Å². The van der Waals surface area contributed by atoms with Crippen LogP contribution in [0.4, 0.5) is 16.2 Å². The summed E-state index contributed by atoms with van der Waals surface area (Å²) in [7, 11) is 0. The maximum atomic E-state index is 11.7. The topological polar surface area (TPSA) is 81.5 Å². The van der Waals surface area contributed by atoms with E-state index in [0.717, 1.165) is 5.56 Å². The third kappa shape index (κ3) is 3.93. The summed E-state index contributed by atoms with van der Waals surface area (Å²) in [5, 5.41) is 13.6. The van der Waals surface area contributed by atoms with Crippen LogP contribution in [-0.4, -0.2) is 11.0 Å². The molecule has 0 radical (unpaired) electrons. The van der Waals surface area contributed by atoms with Gasteiger partial charge in [0.05, 0.1) is 4.92 Å². The molecule has 0 aliphatic rings. The normalized spacial score (nSPS) is 10.0. The highest BCUT2D eigenvalue weighted by Gasteiger charge is 2.09. The van der Waals surface area contributed by atoms with Crippen molar-refractivity contribution in [3.05, 3.63) is 63.2 Å². The molecule has 0 bridgehead atoms. The molecule has 0 atom stereocenters. The van der Waals surface area contributed by atoms with Crippen LogP contribution in [0.15, 0.2) is 42.5 Å². The van der Waals surface area contributed by atoms with Crippen LogP contribution in [0.1, 0.15) is 5.56 Å². The second-order valence-electron chi connectivity index (χ2n) is 4.23. The molecule has 0 aromatic heterocycles. The molecule has 7 heteroatoms. The number of nitro groups is 1. The van der Waals surface area contributed by atoms with Crippen molar-refractivity contribution >= 4 is 29.1 Å². The molecular formula is C14H11ClN2O4. The van der Waals surface area contributed by atoms with Gasteiger partial charge in [0.1, 0.15) is 5.75 Å². The van der Waals surface area contributed by atoms with Crippen LogP contribution in [-0.2, 0) is 0 Å². The van der Waals surface area contributed by atoms with Gasteiger partial charge in [-0.3, -0.25) is 15.4 Å². The molecule has 0 saturated carbocycles. The molecule has 0 unspecified atom stereocenters. The molecule has 2 rings (SSSR count). The summed E-state index contributed by atoms with van der Waals surface area (Å²) in [6.45, 7) is 1.85. The van der Waals surface area contributed by atoms with E-state index in [0.29, 0.717) is 10.7 Å². The largest absolute Gasteiger partial charge is 0.417 e. The van der Waals surface area contributed by atoms with Crippen LogP contribution in [0.5, 0.6) is 5.75 Å². The number of aryl methyl sites for hydroxylation is 1. The number of rotatable bonds is 3. The van der Waals surface area contributed by atoms with Gasteiger partial charge < -0.3 is 4.74 Å². The third-order valence-corrected chi connectivity index (χ3v) is 3.08. The van der Waals surface area contributed by atoms with Gasteiger partial charge in [-0.15, -0.1) is 0 Å². The molecule has 0 aliphatic carbocycles. The summed E-state index contributed by atoms with van der Waals surface area (Å²) in [5.41, 5.74) is 1.32. The number of anilines is 1. The first-order valence-corrected chi connectivity index (χ1v) is 6.33. The van der Waals surface area contributed by atoms with Gasteiger partial charge in [-0.2, -0.15) is 0 Å². The van der Waals surface area contributed by atoms with Crippen molar-refractivity contribution < 1.29 is 14.5 Å². The second kappa shape index (κ2) is 6.23. The Hall–Kier alpha value is -2.60. The van der Waals surface area contributed by atoms with E-state index in [1.54, 1.807) is 18.2 Å². The number of nitrogens with one attached hydrogen (secondary N) is 1. The number of carbonyl (C=O) groups excluding carboxylic acids is 1. The smallest absolute Gasteiger partial charge is 0.410 e. The molecule has 2 aromatic carbocycles. The first kappa shape index (κ1) is 14.8. The Labute approximate surface area is 125 Å². The van der Waals surface area contributed by atoms with Crippen LogP contribution in [0, 0.1) is 17.0 Å². The van der Waals surface area contributed by atoms with Gasteiger partial charge in [0, 0.05) is 22.8 Å². The number of ether oxygens (including phenoxy) is 1. The Morgan fingerprint density at radius 2 is 1.90 bits per heavy atom. The predicted octanol–water partition coefficient (Wildman–Crippen LogP) is 4.17. The Morgan fingerprint density at radius 3 is 2.48 bits per heavy atom. The van der Waals surface area contributed by atoms with E-state index in [2.05, 4.69) is 5.32 Å². The number of amides is 1. The molecule has 21 heavy (non-hydrogen) atoms. The highest BCUT2D eigenvalue weighted by atomic mass is 35.5. The molecule has 0 spiro atoms. The lowest BCUT2D eigenvalue weighted by Crippen LogP contribution is -2.16. The van der Waals surface area contributed by atoms with Gasteiger partial charge in [-0.25, -0.2) is 4.79 Å². The van der Waals surface area contributed by atoms with Crippen molar-refractivity contribution in [2.45, 2.75) is 6.92 Å². The standard InChI is InChI=1S/C14H11ClN2O4/c1-9-2-3-10(8-13(9)15)16-14(18)21-12-6-4-11(5-7-12)17(19)20/h2-8H,1H3,(H,16,18). The number of hydrogen-bond acceptors (Lipinski definition) is 4. The number of nitro benzene ring substituents is 1. The van der Waals surface area contributed by atoms with E-state index in [1.165, 1.54) is 24.3 Å². The number of hydrogen-bond donors (Lipinski definition) is 1. The van der Waals surface area contributed by atoms with E-state index in [4.69, 9.17) is 16.3 Å². The first-order chi connectivity index (χ1) is 9.95.